The van der Waals surface area contributed by atoms with Crippen molar-refractivity contribution >= 4 is 0 Å². The Morgan fingerprint density at radius 2 is 2.07 bits per heavy atom. The summed E-state index contributed by atoms with van der Waals surface area (Å²) in [7, 11) is 1.80. The first-order valence-corrected chi connectivity index (χ1v) is 5.59. The lowest BCUT2D eigenvalue weighted by molar-refractivity contribution is 0.0762. The lowest BCUT2D eigenvalue weighted by Gasteiger charge is -2.23. The Bertz CT molecular complexity index is 335. The molecule has 1 aromatic carbocycles. The van der Waals surface area contributed by atoms with Crippen LogP contribution in [-0.2, 0) is 11.2 Å². The molecule has 1 aliphatic carbocycles. The van der Waals surface area contributed by atoms with Crippen LogP contribution in [0.5, 0.6) is 0 Å². The first-order valence-electron chi connectivity index (χ1n) is 5.59. The molecule has 2 atom stereocenters. The highest BCUT2D eigenvalue weighted by Gasteiger charge is 2.32. The van der Waals surface area contributed by atoms with Crippen molar-refractivity contribution in [1.82, 2.24) is 5.32 Å². The maximum Gasteiger partial charge on any atom is 0.0806 e. The van der Waals surface area contributed by atoms with Crippen LogP contribution in [-0.4, -0.2) is 19.3 Å². The van der Waals surface area contributed by atoms with Crippen molar-refractivity contribution in [2.45, 2.75) is 38.5 Å². The zero-order chi connectivity index (χ0) is 10.8. The fraction of sp³-hybridized carbons (Fsp3) is 0.538. The van der Waals surface area contributed by atoms with Crippen LogP contribution in [0.25, 0.3) is 0 Å². The zero-order valence-electron chi connectivity index (χ0n) is 9.66. The standard InChI is InChI=1S/C13H19NO/c1-9(2)14-13-11-7-5-4-6-10(11)8-12(13)15-3/h4-7,9,12-14H,8H2,1-3H3/t12-,13+/m0/s1. The monoisotopic (exact) mass is 205 g/mol. The normalized spacial score (nSPS) is 24.5. The molecule has 15 heavy (non-hydrogen) atoms. The number of nitrogens with one attached hydrogen (secondary N) is 1. The summed E-state index contributed by atoms with van der Waals surface area (Å²) >= 11 is 0. The van der Waals surface area contributed by atoms with E-state index < -0.39 is 0 Å². The first-order chi connectivity index (χ1) is 7.22. The fourth-order valence-corrected chi connectivity index (χ4v) is 2.33. The summed E-state index contributed by atoms with van der Waals surface area (Å²) in [6.07, 6.45) is 1.31. The molecule has 1 aliphatic rings. The topological polar surface area (TPSA) is 21.3 Å². The van der Waals surface area contributed by atoms with E-state index in [0.717, 1.165) is 6.42 Å². The van der Waals surface area contributed by atoms with Gasteiger partial charge >= 0.3 is 0 Å². The Morgan fingerprint density at radius 3 is 2.73 bits per heavy atom. The van der Waals surface area contributed by atoms with Gasteiger partial charge in [0.05, 0.1) is 12.1 Å². The van der Waals surface area contributed by atoms with E-state index in [9.17, 15) is 0 Å². The Labute approximate surface area is 91.6 Å². The Balaban J connectivity index is 2.25. The van der Waals surface area contributed by atoms with Gasteiger partial charge in [0, 0.05) is 19.6 Å². The quantitative estimate of drug-likeness (QED) is 0.817. The van der Waals surface area contributed by atoms with Crippen molar-refractivity contribution in [2.75, 3.05) is 7.11 Å². The van der Waals surface area contributed by atoms with Crippen molar-refractivity contribution in [3.05, 3.63) is 35.4 Å². The van der Waals surface area contributed by atoms with E-state index in [1.165, 1.54) is 11.1 Å². The molecule has 0 saturated heterocycles. The highest BCUT2D eigenvalue weighted by Crippen LogP contribution is 2.33. The van der Waals surface area contributed by atoms with E-state index in [-0.39, 0.29) is 6.10 Å². The van der Waals surface area contributed by atoms with Gasteiger partial charge in [-0.1, -0.05) is 38.1 Å². The molecule has 0 aliphatic heterocycles. The van der Waals surface area contributed by atoms with Gasteiger partial charge in [-0.25, -0.2) is 0 Å². The Morgan fingerprint density at radius 1 is 1.33 bits per heavy atom. The minimum atomic E-state index is 0.282. The van der Waals surface area contributed by atoms with Gasteiger partial charge < -0.3 is 10.1 Å². The molecule has 0 aromatic heterocycles. The predicted octanol–water partition coefficient (Wildman–Crippen LogP) is 2.30. The van der Waals surface area contributed by atoms with Crippen molar-refractivity contribution in [3.8, 4) is 0 Å². The molecule has 1 N–H and O–H groups in total. The molecule has 2 heteroatoms. The minimum Gasteiger partial charge on any atom is -0.379 e. The molecule has 0 spiro atoms. The van der Waals surface area contributed by atoms with Crippen molar-refractivity contribution in [3.63, 3.8) is 0 Å². The highest BCUT2D eigenvalue weighted by atomic mass is 16.5. The molecular weight excluding hydrogens is 186 g/mol. The average molecular weight is 205 g/mol. The van der Waals surface area contributed by atoms with Gasteiger partial charge in [0.15, 0.2) is 0 Å². The lowest BCUT2D eigenvalue weighted by Crippen LogP contribution is -2.34. The summed E-state index contributed by atoms with van der Waals surface area (Å²) in [4.78, 5) is 0. The van der Waals surface area contributed by atoms with Crippen LogP contribution in [0.1, 0.15) is 31.0 Å². The summed E-state index contributed by atoms with van der Waals surface area (Å²) in [5, 5.41) is 3.57. The third kappa shape index (κ3) is 2.06. The number of hydrogen-bond acceptors (Lipinski definition) is 2. The van der Waals surface area contributed by atoms with Crippen LogP contribution < -0.4 is 5.32 Å². The molecule has 0 fully saturated rings. The largest absolute Gasteiger partial charge is 0.379 e. The predicted molar refractivity (Wildman–Crippen MR) is 62.0 cm³/mol. The second kappa shape index (κ2) is 4.33. The first kappa shape index (κ1) is 10.7. The maximum atomic E-state index is 5.54. The van der Waals surface area contributed by atoms with Crippen LogP contribution in [0, 0.1) is 0 Å². The number of hydrogen-bond donors (Lipinski definition) is 1. The third-order valence-electron chi connectivity index (χ3n) is 3.00. The molecule has 1 aromatic rings. The number of rotatable bonds is 3. The molecule has 2 rings (SSSR count). The van der Waals surface area contributed by atoms with Crippen LogP contribution in [0.2, 0.25) is 0 Å². The van der Waals surface area contributed by atoms with Gasteiger partial charge in [0.1, 0.15) is 0 Å². The van der Waals surface area contributed by atoms with E-state index in [1.807, 2.05) is 0 Å². The van der Waals surface area contributed by atoms with Crippen LogP contribution in [0.3, 0.4) is 0 Å². The van der Waals surface area contributed by atoms with Gasteiger partial charge in [0.2, 0.25) is 0 Å². The van der Waals surface area contributed by atoms with Crippen LogP contribution in [0.15, 0.2) is 24.3 Å². The maximum absolute atomic E-state index is 5.54. The fourth-order valence-electron chi connectivity index (χ4n) is 2.33. The van der Waals surface area contributed by atoms with Gasteiger partial charge in [-0.15, -0.1) is 0 Å². The van der Waals surface area contributed by atoms with E-state index in [4.69, 9.17) is 4.74 Å². The van der Waals surface area contributed by atoms with Gasteiger partial charge in [-0.3, -0.25) is 0 Å². The van der Waals surface area contributed by atoms with Crippen molar-refractivity contribution in [2.24, 2.45) is 0 Å². The van der Waals surface area contributed by atoms with Crippen LogP contribution in [0.4, 0.5) is 0 Å². The molecular formula is C13H19NO. The van der Waals surface area contributed by atoms with E-state index >= 15 is 0 Å². The summed E-state index contributed by atoms with van der Waals surface area (Å²) in [6, 6.07) is 9.44. The summed E-state index contributed by atoms with van der Waals surface area (Å²) in [5.74, 6) is 0. The minimum absolute atomic E-state index is 0.282. The summed E-state index contributed by atoms with van der Waals surface area (Å²) < 4.78 is 5.54. The Hall–Kier alpha value is -0.860. The molecule has 0 unspecified atom stereocenters. The summed E-state index contributed by atoms with van der Waals surface area (Å²) in [5.41, 5.74) is 2.82. The number of benzene rings is 1. The molecule has 82 valence electrons. The van der Waals surface area contributed by atoms with Crippen LogP contribution >= 0.6 is 0 Å². The average Bonchev–Trinajstić information content (AvgIpc) is 2.56. The van der Waals surface area contributed by atoms with Crippen molar-refractivity contribution < 1.29 is 4.74 Å². The van der Waals surface area contributed by atoms with E-state index in [1.54, 1.807) is 7.11 Å². The molecule has 0 amide bonds. The number of methoxy groups -OCH3 is 1. The van der Waals surface area contributed by atoms with E-state index in [2.05, 4.69) is 43.4 Å². The van der Waals surface area contributed by atoms with Gasteiger partial charge in [0.25, 0.3) is 0 Å². The molecule has 0 saturated carbocycles. The highest BCUT2D eigenvalue weighted by molar-refractivity contribution is 5.36. The van der Waals surface area contributed by atoms with Crippen molar-refractivity contribution in [1.29, 1.82) is 0 Å². The second-order valence-electron chi connectivity index (χ2n) is 4.48. The SMILES string of the molecule is CO[C@H]1Cc2ccccc2[C@H]1NC(C)C. The second-order valence-corrected chi connectivity index (χ2v) is 4.48. The van der Waals surface area contributed by atoms with Gasteiger partial charge in [-0.2, -0.15) is 0 Å². The summed E-state index contributed by atoms with van der Waals surface area (Å²) in [6.45, 7) is 4.35. The Kier molecular flexibility index (Phi) is 3.08. The number of fused-ring (bicyclic) bond motifs is 1. The zero-order valence-corrected chi connectivity index (χ0v) is 9.66. The molecule has 0 bridgehead atoms. The number of ether oxygens (including phenoxy) is 1. The molecule has 0 radical (unpaired) electrons. The molecule has 2 nitrogen and oxygen atoms in total. The van der Waals surface area contributed by atoms with Gasteiger partial charge in [-0.05, 0) is 11.1 Å². The van der Waals surface area contributed by atoms with E-state index in [0.29, 0.717) is 12.1 Å². The lowest BCUT2D eigenvalue weighted by atomic mass is 10.1. The molecule has 0 heterocycles. The third-order valence-corrected chi connectivity index (χ3v) is 3.00. The smallest absolute Gasteiger partial charge is 0.0806 e.